The van der Waals surface area contributed by atoms with Crippen LogP contribution in [0.25, 0.3) is 11.1 Å². The monoisotopic (exact) mass is 302 g/mol. The summed E-state index contributed by atoms with van der Waals surface area (Å²) in [7, 11) is 0. The molecule has 15 heavy (non-hydrogen) atoms. The van der Waals surface area contributed by atoms with Crippen LogP contribution in [0.5, 0.6) is 0 Å². The van der Waals surface area contributed by atoms with Crippen LogP contribution in [-0.4, -0.2) is 17.1 Å². The van der Waals surface area contributed by atoms with Crippen molar-refractivity contribution < 1.29 is 0 Å². The van der Waals surface area contributed by atoms with Crippen molar-refractivity contribution in [3.8, 4) is 11.1 Å². The van der Waals surface area contributed by atoms with Crippen molar-refractivity contribution in [2.24, 2.45) is 0 Å². The molecule has 0 aliphatic rings. The molecule has 2 aromatic rings. The summed E-state index contributed by atoms with van der Waals surface area (Å²) in [6.45, 7) is 0. The van der Waals surface area contributed by atoms with Crippen molar-refractivity contribution in [2.75, 3.05) is 0 Å². The quantitative estimate of drug-likeness (QED) is 0.690. The van der Waals surface area contributed by atoms with Crippen molar-refractivity contribution in [1.82, 2.24) is 0 Å². The van der Waals surface area contributed by atoms with E-state index in [1.54, 1.807) is 6.07 Å². The number of rotatable bonds is 1. The van der Waals surface area contributed by atoms with Gasteiger partial charge in [0.05, 0.1) is 0 Å². The Morgan fingerprint density at radius 1 is 0.800 bits per heavy atom. The topological polar surface area (TPSA) is 0 Å². The Balaban J connectivity index is 0.00000112. The zero-order valence-corrected chi connectivity index (χ0v) is 11.0. The van der Waals surface area contributed by atoms with Gasteiger partial charge in [0.25, 0.3) is 0 Å². The second-order valence-electron chi connectivity index (χ2n) is 2.99. The van der Waals surface area contributed by atoms with E-state index in [1.807, 2.05) is 42.5 Å². The number of halogens is 2. The fourth-order valence-corrected chi connectivity index (χ4v) is 1.74. The van der Waals surface area contributed by atoms with Gasteiger partial charge in [-0.15, -0.1) is 0 Å². The van der Waals surface area contributed by atoms with E-state index in [0.29, 0.717) is 5.02 Å². The maximum atomic E-state index is 6.07. The van der Waals surface area contributed by atoms with Gasteiger partial charge in [0.2, 0.25) is 0 Å². The molecule has 0 saturated carbocycles. The first kappa shape index (κ1) is 12.6. The van der Waals surface area contributed by atoms with E-state index < -0.39 is 0 Å². The average molecular weight is 302 g/mol. The molecule has 0 aromatic heterocycles. The summed E-state index contributed by atoms with van der Waals surface area (Å²) in [5.74, 6) is 0. The summed E-state index contributed by atoms with van der Waals surface area (Å²) in [4.78, 5) is 0. The average Bonchev–Trinajstić information content (AvgIpc) is 2.23. The van der Waals surface area contributed by atoms with Gasteiger partial charge in [0.15, 0.2) is 0 Å². The van der Waals surface area contributed by atoms with Crippen molar-refractivity contribution >= 4 is 40.3 Å². The minimum atomic E-state index is 0. The van der Waals surface area contributed by atoms with E-state index in [9.17, 15) is 0 Å². The van der Waals surface area contributed by atoms with Gasteiger partial charge in [-0.05, 0) is 23.8 Å². The van der Waals surface area contributed by atoms with Gasteiger partial charge in [-0.25, -0.2) is 0 Å². The molecular weight excluding hydrogens is 294 g/mol. The molecule has 0 spiro atoms. The van der Waals surface area contributed by atoms with Crippen LogP contribution in [0.3, 0.4) is 0 Å². The van der Waals surface area contributed by atoms with E-state index >= 15 is 0 Å². The Morgan fingerprint density at radius 2 is 1.47 bits per heavy atom. The first-order valence-electron chi connectivity index (χ1n) is 4.28. The molecule has 2 rings (SSSR count). The summed E-state index contributed by atoms with van der Waals surface area (Å²) >= 11 is 12.0. The third kappa shape index (κ3) is 2.99. The third-order valence-corrected chi connectivity index (χ3v) is 2.58. The van der Waals surface area contributed by atoms with Crippen LogP contribution in [0, 0.1) is 0 Å². The van der Waals surface area contributed by atoms with Gasteiger partial charge in [0.1, 0.15) is 0 Å². The molecule has 0 nitrogen and oxygen atoms in total. The molecule has 0 heterocycles. The van der Waals surface area contributed by atoms with Crippen LogP contribution >= 0.6 is 23.2 Å². The van der Waals surface area contributed by atoms with Crippen molar-refractivity contribution in [2.45, 2.75) is 0 Å². The predicted molar refractivity (Wildman–Crippen MR) is 67.7 cm³/mol. The Hall–Kier alpha value is -0.461. The zero-order valence-electron chi connectivity index (χ0n) is 7.78. The molecule has 2 aromatic carbocycles. The third-order valence-electron chi connectivity index (χ3n) is 2.01. The van der Waals surface area contributed by atoms with Crippen molar-refractivity contribution in [3.05, 3.63) is 58.6 Å². The molecule has 76 valence electrons. The first-order chi connectivity index (χ1) is 6.77. The summed E-state index contributed by atoms with van der Waals surface area (Å²) in [6, 6.07) is 15.4. The number of hydrogen-bond donors (Lipinski definition) is 0. The molecule has 0 aliphatic carbocycles. The van der Waals surface area contributed by atoms with Gasteiger partial charge < -0.3 is 0 Å². The van der Waals surface area contributed by atoms with E-state index in [1.165, 1.54) is 0 Å². The van der Waals surface area contributed by atoms with Crippen LogP contribution in [0.1, 0.15) is 0 Å². The molecule has 0 fully saturated rings. The fraction of sp³-hybridized carbons (Fsp3) is 0. The van der Waals surface area contributed by atoms with Gasteiger partial charge >= 0.3 is 0 Å². The fourth-order valence-electron chi connectivity index (χ4n) is 1.34. The molecule has 3 heteroatoms. The van der Waals surface area contributed by atoms with Gasteiger partial charge in [0, 0.05) is 32.7 Å². The van der Waals surface area contributed by atoms with E-state index in [0.717, 1.165) is 16.1 Å². The maximum absolute atomic E-state index is 6.07. The Labute approximate surface area is 110 Å². The number of hydrogen-bond acceptors (Lipinski definition) is 0. The van der Waals surface area contributed by atoms with Crippen LogP contribution < -0.4 is 0 Å². The minimum Gasteiger partial charge on any atom is -0.0843 e. The minimum absolute atomic E-state index is 0. The van der Waals surface area contributed by atoms with Gasteiger partial charge in [-0.1, -0.05) is 53.5 Å². The molecule has 0 N–H and O–H groups in total. The normalized spacial score (nSPS) is 9.47. The van der Waals surface area contributed by atoms with Gasteiger partial charge in [-0.3, -0.25) is 0 Å². The number of benzene rings is 2. The SMILES string of the molecule is Clc1ccc(Cl)c(-c2ccccc2)c1.[Se]. The van der Waals surface area contributed by atoms with E-state index in [-0.39, 0.29) is 17.1 Å². The standard InChI is InChI=1S/C12H8Cl2.Se/c13-10-6-7-12(14)11(8-10)9-4-2-1-3-5-9;/h1-8H;. The molecule has 0 amide bonds. The van der Waals surface area contributed by atoms with E-state index in [4.69, 9.17) is 23.2 Å². The molecule has 0 unspecified atom stereocenters. The van der Waals surface area contributed by atoms with Gasteiger partial charge in [-0.2, -0.15) is 0 Å². The largest absolute Gasteiger partial charge is 0.0843 e. The zero-order chi connectivity index (χ0) is 9.97. The molecule has 2 radical (unpaired) electrons. The molecule has 0 atom stereocenters. The van der Waals surface area contributed by atoms with Crippen LogP contribution in [0.15, 0.2) is 48.5 Å². The first-order valence-corrected chi connectivity index (χ1v) is 5.03. The van der Waals surface area contributed by atoms with Crippen LogP contribution in [0.2, 0.25) is 10.0 Å². The van der Waals surface area contributed by atoms with Crippen molar-refractivity contribution in [3.63, 3.8) is 0 Å². The Kier molecular flexibility index (Phi) is 4.69. The Bertz CT molecular complexity index is 441. The predicted octanol–water partition coefficient (Wildman–Crippen LogP) is 4.28. The summed E-state index contributed by atoms with van der Waals surface area (Å²) < 4.78 is 0. The summed E-state index contributed by atoms with van der Waals surface area (Å²) in [6.07, 6.45) is 0. The second-order valence-corrected chi connectivity index (χ2v) is 3.83. The van der Waals surface area contributed by atoms with Crippen LogP contribution in [-0.2, 0) is 0 Å². The van der Waals surface area contributed by atoms with E-state index in [2.05, 4.69) is 0 Å². The summed E-state index contributed by atoms with van der Waals surface area (Å²) in [5.41, 5.74) is 2.06. The Morgan fingerprint density at radius 3 is 2.13 bits per heavy atom. The summed E-state index contributed by atoms with van der Waals surface area (Å²) in [5, 5.41) is 1.42. The molecule has 0 aliphatic heterocycles. The second kappa shape index (κ2) is 5.58. The smallest absolute Gasteiger partial charge is 0.0485 e. The maximum Gasteiger partial charge on any atom is 0.0485 e. The molecule has 0 saturated heterocycles. The van der Waals surface area contributed by atoms with Crippen molar-refractivity contribution in [1.29, 1.82) is 0 Å². The molecular formula is C12H8Cl2Se. The molecule has 0 bridgehead atoms. The van der Waals surface area contributed by atoms with Crippen LogP contribution in [0.4, 0.5) is 0 Å².